The molecule has 0 N–H and O–H groups in total. The summed E-state index contributed by atoms with van der Waals surface area (Å²) in [5.41, 5.74) is 10.6. The molecule has 3 unspecified atom stereocenters. The molecule has 0 saturated heterocycles. The molecule has 0 spiro atoms. The van der Waals surface area contributed by atoms with E-state index in [1.807, 2.05) is 6.92 Å². The molecular weight excluding hydrogens is 442 g/mol. The summed E-state index contributed by atoms with van der Waals surface area (Å²) in [6.07, 6.45) is 9.78. The average molecular weight is 488 g/mol. The topological polar surface area (TPSA) is 21.7 Å². The molecule has 3 nitrogen and oxygen atoms in total. The predicted octanol–water partition coefficient (Wildman–Crippen LogP) is 9.39. The lowest BCUT2D eigenvalue weighted by Gasteiger charge is -2.42. The molecule has 0 amide bonds. The van der Waals surface area contributed by atoms with Crippen LogP contribution in [0.3, 0.4) is 0 Å². The number of aryl methyl sites for hydroxylation is 1. The van der Waals surface area contributed by atoms with Crippen LogP contribution in [0.15, 0.2) is 47.7 Å². The van der Waals surface area contributed by atoms with Gasteiger partial charge in [-0.25, -0.2) is 0 Å². The van der Waals surface area contributed by atoms with Crippen molar-refractivity contribution in [3.63, 3.8) is 0 Å². The third kappa shape index (κ3) is 5.21. The zero-order chi connectivity index (χ0) is 26.0. The second kappa shape index (κ2) is 11.2. The summed E-state index contributed by atoms with van der Waals surface area (Å²) in [5.74, 6) is 4.23. The fraction of sp³-hybridized carbons (Fsp3) is 0.515. The summed E-state index contributed by atoms with van der Waals surface area (Å²) < 4.78 is 11.4. The molecule has 194 valence electrons. The minimum Gasteiger partial charge on any atom is -0.496 e. The number of rotatable bonds is 9. The highest BCUT2D eigenvalue weighted by molar-refractivity contribution is 5.77. The number of allylic oxidation sites excluding steroid dienone is 3. The first-order valence-corrected chi connectivity index (χ1v) is 13.8. The fourth-order valence-corrected chi connectivity index (χ4v) is 5.75. The number of anilines is 2. The summed E-state index contributed by atoms with van der Waals surface area (Å²) in [4.78, 5) is 2.30. The minimum atomic E-state index is 0.835. The molecule has 0 bridgehead atoms. The Balaban J connectivity index is 1.74. The summed E-state index contributed by atoms with van der Waals surface area (Å²) in [6.45, 7) is 13.5. The molecule has 2 aliphatic carbocycles. The third-order valence-electron chi connectivity index (χ3n) is 8.89. The predicted molar refractivity (Wildman–Crippen MR) is 153 cm³/mol. The van der Waals surface area contributed by atoms with Crippen molar-refractivity contribution in [1.29, 1.82) is 0 Å². The lowest BCUT2D eigenvalue weighted by Crippen LogP contribution is -2.32. The van der Waals surface area contributed by atoms with E-state index in [0.29, 0.717) is 0 Å². The number of methoxy groups -OCH3 is 2. The Morgan fingerprint density at radius 1 is 1.03 bits per heavy atom. The highest BCUT2D eigenvalue weighted by Gasteiger charge is 2.35. The largest absolute Gasteiger partial charge is 0.496 e. The van der Waals surface area contributed by atoms with Gasteiger partial charge in [-0.05, 0) is 106 Å². The molecule has 0 aromatic heterocycles. The van der Waals surface area contributed by atoms with Crippen LogP contribution in [-0.2, 0) is 0 Å². The first kappa shape index (κ1) is 26.4. The van der Waals surface area contributed by atoms with Gasteiger partial charge in [0.1, 0.15) is 11.5 Å². The summed E-state index contributed by atoms with van der Waals surface area (Å²) >= 11 is 0. The maximum atomic E-state index is 5.71. The van der Waals surface area contributed by atoms with Gasteiger partial charge in [-0.3, -0.25) is 0 Å². The van der Waals surface area contributed by atoms with Gasteiger partial charge >= 0.3 is 0 Å². The van der Waals surface area contributed by atoms with Crippen LogP contribution in [0, 0.1) is 31.6 Å². The van der Waals surface area contributed by atoms with Crippen LogP contribution >= 0.6 is 0 Å². The van der Waals surface area contributed by atoms with Gasteiger partial charge in [-0.15, -0.1) is 0 Å². The van der Waals surface area contributed by atoms with E-state index in [1.165, 1.54) is 54.5 Å². The van der Waals surface area contributed by atoms with Crippen molar-refractivity contribution in [2.75, 3.05) is 19.1 Å². The Morgan fingerprint density at radius 3 is 2.17 bits per heavy atom. The van der Waals surface area contributed by atoms with Crippen LogP contribution in [0.25, 0.3) is 5.57 Å². The molecule has 2 aliphatic rings. The van der Waals surface area contributed by atoms with Gasteiger partial charge in [0.25, 0.3) is 0 Å². The van der Waals surface area contributed by atoms with Crippen molar-refractivity contribution in [1.82, 2.24) is 0 Å². The first-order valence-electron chi connectivity index (χ1n) is 13.8. The third-order valence-corrected chi connectivity index (χ3v) is 8.89. The van der Waals surface area contributed by atoms with Crippen LogP contribution in [0.2, 0.25) is 0 Å². The van der Waals surface area contributed by atoms with Crippen LogP contribution in [-0.4, -0.2) is 14.2 Å². The standard InChI is InChI=1S/C33H45NO2/c1-9-21(2)20-34(29-18-32(35-7)25(6)33(19-29)36-8)31-14-13-27(16-23(31)4)30(26-11-10-12-26)17-28-15-22(3)24(28)5/h13-14,16,18-20,22,24,28H,9-12,15,17H2,1-8H3/b21-20-. The molecule has 2 fully saturated rings. The van der Waals surface area contributed by atoms with Crippen molar-refractivity contribution in [2.45, 2.75) is 80.1 Å². The van der Waals surface area contributed by atoms with Gasteiger partial charge < -0.3 is 14.4 Å². The van der Waals surface area contributed by atoms with Crippen molar-refractivity contribution in [3.05, 3.63) is 64.4 Å². The second-order valence-electron chi connectivity index (χ2n) is 11.1. The van der Waals surface area contributed by atoms with Crippen molar-refractivity contribution in [3.8, 4) is 11.5 Å². The second-order valence-corrected chi connectivity index (χ2v) is 11.1. The van der Waals surface area contributed by atoms with E-state index in [0.717, 1.165) is 46.9 Å². The lowest BCUT2D eigenvalue weighted by molar-refractivity contribution is 0.108. The summed E-state index contributed by atoms with van der Waals surface area (Å²) in [5, 5.41) is 0. The fourth-order valence-electron chi connectivity index (χ4n) is 5.75. The van der Waals surface area contributed by atoms with Gasteiger partial charge in [0.2, 0.25) is 0 Å². The molecule has 0 aliphatic heterocycles. The Morgan fingerprint density at radius 2 is 1.69 bits per heavy atom. The van der Waals surface area contributed by atoms with Gasteiger partial charge in [0.05, 0.1) is 19.9 Å². The normalized spacial score (nSPS) is 21.5. The molecule has 3 heteroatoms. The van der Waals surface area contributed by atoms with E-state index in [4.69, 9.17) is 9.47 Å². The molecule has 0 radical (unpaired) electrons. The van der Waals surface area contributed by atoms with Gasteiger partial charge in [0, 0.05) is 29.6 Å². The van der Waals surface area contributed by atoms with E-state index < -0.39 is 0 Å². The quantitative estimate of drug-likeness (QED) is 0.351. The number of benzene rings is 2. The van der Waals surface area contributed by atoms with Crippen LogP contribution < -0.4 is 14.4 Å². The molecule has 36 heavy (non-hydrogen) atoms. The Labute approximate surface area is 219 Å². The highest BCUT2D eigenvalue weighted by Crippen LogP contribution is 2.48. The van der Waals surface area contributed by atoms with Crippen molar-refractivity contribution < 1.29 is 9.47 Å². The number of nitrogens with zero attached hydrogens (tertiary/aromatic N) is 1. The summed E-state index contributed by atoms with van der Waals surface area (Å²) in [7, 11) is 3.45. The lowest BCUT2D eigenvalue weighted by atomic mass is 9.63. The number of hydrogen-bond donors (Lipinski definition) is 0. The van der Waals surface area contributed by atoms with Crippen LogP contribution in [0.5, 0.6) is 11.5 Å². The van der Waals surface area contributed by atoms with Crippen molar-refractivity contribution in [2.24, 2.45) is 17.8 Å². The van der Waals surface area contributed by atoms with E-state index in [-0.39, 0.29) is 0 Å². The first-order chi connectivity index (χ1) is 17.3. The van der Waals surface area contributed by atoms with Crippen LogP contribution in [0.1, 0.15) is 82.9 Å². The maximum Gasteiger partial charge on any atom is 0.127 e. The molecular formula is C33H45NO2. The number of ether oxygens (including phenoxy) is 2. The summed E-state index contributed by atoms with van der Waals surface area (Å²) in [6, 6.07) is 11.3. The Bertz CT molecular complexity index is 1130. The molecule has 4 rings (SSSR count). The number of hydrogen-bond acceptors (Lipinski definition) is 3. The van der Waals surface area contributed by atoms with Gasteiger partial charge in [0.15, 0.2) is 0 Å². The van der Waals surface area contributed by atoms with E-state index in [2.05, 4.69) is 76.1 Å². The zero-order valence-corrected chi connectivity index (χ0v) is 23.7. The minimum absolute atomic E-state index is 0.835. The van der Waals surface area contributed by atoms with Crippen LogP contribution in [0.4, 0.5) is 11.4 Å². The Hall–Kier alpha value is -2.68. The smallest absolute Gasteiger partial charge is 0.127 e. The van der Waals surface area contributed by atoms with E-state index in [1.54, 1.807) is 25.4 Å². The zero-order valence-electron chi connectivity index (χ0n) is 23.7. The maximum absolute atomic E-state index is 5.71. The molecule has 2 aromatic carbocycles. The Kier molecular flexibility index (Phi) is 8.17. The molecule has 2 saturated carbocycles. The van der Waals surface area contributed by atoms with E-state index in [9.17, 15) is 0 Å². The van der Waals surface area contributed by atoms with Gasteiger partial charge in [-0.2, -0.15) is 0 Å². The van der Waals surface area contributed by atoms with Gasteiger partial charge in [-0.1, -0.05) is 38.0 Å². The average Bonchev–Trinajstić information content (AvgIpc) is 2.85. The van der Waals surface area contributed by atoms with E-state index >= 15 is 0 Å². The van der Waals surface area contributed by atoms with Crippen molar-refractivity contribution >= 4 is 16.9 Å². The molecule has 3 atom stereocenters. The molecule has 2 aromatic rings. The SMILES string of the molecule is CC/C(C)=C\N(c1cc(OC)c(C)c(OC)c1)c1ccc(C(CC2CC(C)C2C)=C2CCC2)cc1C. The highest BCUT2D eigenvalue weighted by atomic mass is 16.5. The monoisotopic (exact) mass is 487 g/mol. The molecule has 0 heterocycles.